The number of benzene rings is 2. The minimum Gasteiger partial charge on any atom is -0.360 e. The number of nitrogens with zero attached hydrogens (tertiary/aromatic N) is 2. The minimum atomic E-state index is -0.691. The second-order valence-corrected chi connectivity index (χ2v) is 10.0. The smallest absolute Gasteiger partial charge is 0.163 e. The number of ether oxygens (including phenoxy) is 1. The number of halogens is 1. The number of rotatable bonds is 5. The van der Waals surface area contributed by atoms with E-state index >= 15 is 0 Å². The van der Waals surface area contributed by atoms with Crippen LogP contribution in [0.5, 0.6) is 0 Å². The number of thiazole rings is 1. The molecule has 0 radical (unpaired) electrons. The molecule has 0 fully saturated rings. The quantitative estimate of drug-likeness (QED) is 0.308. The Kier molecular flexibility index (Phi) is 6.17. The van der Waals surface area contributed by atoms with Crippen LogP contribution in [0.15, 0.2) is 53.4 Å². The third-order valence-corrected chi connectivity index (χ3v) is 6.01. The topological polar surface area (TPSA) is 52.1 Å². The van der Waals surface area contributed by atoms with Crippen LogP contribution < -0.4 is 0 Å². The Morgan fingerprint density at radius 1 is 1.09 bits per heavy atom. The van der Waals surface area contributed by atoms with Crippen LogP contribution in [0, 0.1) is 6.92 Å². The molecule has 0 bridgehead atoms. The van der Waals surface area contributed by atoms with E-state index in [0.29, 0.717) is 5.02 Å². The molecule has 0 unspecified atom stereocenters. The van der Waals surface area contributed by atoms with Gasteiger partial charge in [-0.25, -0.2) is 9.97 Å². The fourth-order valence-corrected chi connectivity index (χ4v) is 4.54. The van der Waals surface area contributed by atoms with E-state index in [-0.39, 0.29) is 5.78 Å². The Hall–Kier alpha value is -2.60. The SMILES string of the molecule is CC(=O)[C@@H](OC(C)(C)C)c1c(C)cc2nc(-c3cscn3)ccc2c1-c1ccc(Cl)cc1. The molecule has 0 saturated heterocycles. The Balaban J connectivity index is 2.03. The molecule has 32 heavy (non-hydrogen) atoms. The van der Waals surface area contributed by atoms with E-state index in [1.165, 1.54) is 0 Å². The van der Waals surface area contributed by atoms with Crippen LogP contribution in [0.1, 0.15) is 44.9 Å². The molecule has 4 nitrogen and oxygen atoms in total. The molecule has 4 aromatic rings. The maximum Gasteiger partial charge on any atom is 0.163 e. The van der Waals surface area contributed by atoms with Crippen molar-refractivity contribution in [3.8, 4) is 22.5 Å². The average molecular weight is 465 g/mol. The molecule has 6 heteroatoms. The molecule has 1 atom stereocenters. The van der Waals surface area contributed by atoms with Crippen LogP contribution >= 0.6 is 22.9 Å². The summed E-state index contributed by atoms with van der Waals surface area (Å²) < 4.78 is 6.28. The number of hydrogen-bond acceptors (Lipinski definition) is 5. The summed E-state index contributed by atoms with van der Waals surface area (Å²) in [7, 11) is 0. The van der Waals surface area contributed by atoms with Crippen molar-refractivity contribution in [2.24, 2.45) is 0 Å². The zero-order valence-electron chi connectivity index (χ0n) is 18.8. The van der Waals surface area contributed by atoms with Gasteiger partial charge in [-0.05, 0) is 87.2 Å². The van der Waals surface area contributed by atoms with Gasteiger partial charge in [-0.3, -0.25) is 4.79 Å². The lowest BCUT2D eigenvalue weighted by molar-refractivity contribution is -0.138. The summed E-state index contributed by atoms with van der Waals surface area (Å²) in [5.41, 5.74) is 7.56. The van der Waals surface area contributed by atoms with Gasteiger partial charge in [0.05, 0.1) is 28.0 Å². The predicted octanol–water partition coefficient (Wildman–Crippen LogP) is 7.43. The van der Waals surface area contributed by atoms with Crippen LogP contribution in [0.2, 0.25) is 5.02 Å². The highest BCUT2D eigenvalue weighted by molar-refractivity contribution is 7.07. The van der Waals surface area contributed by atoms with E-state index in [0.717, 1.165) is 44.5 Å². The third-order valence-electron chi connectivity index (χ3n) is 5.17. The summed E-state index contributed by atoms with van der Waals surface area (Å²) in [4.78, 5) is 22.1. The zero-order chi connectivity index (χ0) is 23.0. The maximum atomic E-state index is 12.8. The summed E-state index contributed by atoms with van der Waals surface area (Å²) >= 11 is 7.71. The normalized spacial score (nSPS) is 12.8. The summed E-state index contributed by atoms with van der Waals surface area (Å²) in [6, 6.07) is 13.7. The Morgan fingerprint density at radius 2 is 1.81 bits per heavy atom. The average Bonchev–Trinajstić information content (AvgIpc) is 3.26. The molecule has 0 N–H and O–H groups in total. The molecule has 0 saturated carbocycles. The lowest BCUT2D eigenvalue weighted by Crippen LogP contribution is -2.27. The molecule has 0 aliphatic rings. The number of hydrogen-bond donors (Lipinski definition) is 0. The highest BCUT2D eigenvalue weighted by atomic mass is 35.5. The van der Waals surface area contributed by atoms with Gasteiger partial charge in [-0.2, -0.15) is 0 Å². The number of aromatic nitrogens is 2. The van der Waals surface area contributed by atoms with Gasteiger partial charge in [0.2, 0.25) is 0 Å². The van der Waals surface area contributed by atoms with Gasteiger partial charge in [0.25, 0.3) is 0 Å². The van der Waals surface area contributed by atoms with Gasteiger partial charge in [0.1, 0.15) is 6.10 Å². The summed E-state index contributed by atoms with van der Waals surface area (Å²) in [5.74, 6) is -0.0374. The number of carbonyl (C=O) groups is 1. The molecule has 0 aliphatic carbocycles. The van der Waals surface area contributed by atoms with Crippen molar-refractivity contribution in [1.29, 1.82) is 0 Å². The fourth-order valence-electron chi connectivity index (χ4n) is 3.87. The summed E-state index contributed by atoms with van der Waals surface area (Å²) in [5, 5.41) is 3.60. The zero-order valence-corrected chi connectivity index (χ0v) is 20.3. The molecule has 2 aromatic carbocycles. The number of Topliss-reactive ketones (excluding diaryl/α,β-unsaturated/α-hetero) is 1. The van der Waals surface area contributed by atoms with Crippen LogP contribution in [-0.4, -0.2) is 21.4 Å². The first-order valence-corrected chi connectivity index (χ1v) is 11.7. The van der Waals surface area contributed by atoms with Crippen LogP contribution in [0.25, 0.3) is 33.4 Å². The van der Waals surface area contributed by atoms with Gasteiger partial charge in [0, 0.05) is 15.8 Å². The van der Waals surface area contributed by atoms with Crippen molar-refractivity contribution in [2.45, 2.75) is 46.3 Å². The van der Waals surface area contributed by atoms with Crippen LogP contribution in [0.3, 0.4) is 0 Å². The molecule has 0 aliphatic heterocycles. The van der Waals surface area contributed by atoms with Crippen LogP contribution in [-0.2, 0) is 9.53 Å². The van der Waals surface area contributed by atoms with E-state index in [1.807, 2.05) is 69.5 Å². The third kappa shape index (κ3) is 4.60. The first-order chi connectivity index (χ1) is 15.1. The number of fused-ring (bicyclic) bond motifs is 1. The van der Waals surface area contributed by atoms with Crippen molar-refractivity contribution < 1.29 is 9.53 Å². The molecule has 164 valence electrons. The van der Waals surface area contributed by atoms with Crippen molar-refractivity contribution >= 4 is 39.6 Å². The standard InChI is InChI=1S/C26H25ClN2O2S/c1-15-12-21-19(10-11-20(29-21)22-13-32-14-28-22)24(17-6-8-18(27)9-7-17)23(15)25(16(2)30)31-26(3,4)5/h6-14,25H,1-5H3/t25-/m1/s1. The highest BCUT2D eigenvalue weighted by Crippen LogP contribution is 2.41. The number of carbonyl (C=O) groups excluding carboxylic acids is 1. The molecule has 2 aromatic heterocycles. The maximum absolute atomic E-state index is 12.8. The summed E-state index contributed by atoms with van der Waals surface area (Å²) in [6.45, 7) is 9.47. The van der Waals surface area contributed by atoms with Gasteiger partial charge >= 0.3 is 0 Å². The molecule has 0 spiro atoms. The minimum absolute atomic E-state index is 0.0374. The number of aryl methyl sites for hydroxylation is 1. The fraction of sp³-hybridized carbons (Fsp3) is 0.269. The Bertz CT molecular complexity index is 1280. The predicted molar refractivity (Wildman–Crippen MR) is 132 cm³/mol. The van der Waals surface area contributed by atoms with Crippen LogP contribution in [0.4, 0.5) is 0 Å². The van der Waals surface area contributed by atoms with Gasteiger partial charge < -0.3 is 4.74 Å². The Morgan fingerprint density at radius 3 is 2.41 bits per heavy atom. The molecule has 0 amide bonds. The van der Waals surface area contributed by atoms with Gasteiger partial charge in [0.15, 0.2) is 5.78 Å². The van der Waals surface area contributed by atoms with Gasteiger partial charge in [-0.15, -0.1) is 11.3 Å². The van der Waals surface area contributed by atoms with Crippen molar-refractivity contribution in [3.05, 3.63) is 69.5 Å². The number of ketones is 1. The monoisotopic (exact) mass is 464 g/mol. The van der Waals surface area contributed by atoms with Crippen molar-refractivity contribution in [3.63, 3.8) is 0 Å². The number of pyridine rings is 1. The van der Waals surface area contributed by atoms with E-state index in [1.54, 1.807) is 23.8 Å². The molecular formula is C26H25ClN2O2S. The van der Waals surface area contributed by atoms with E-state index in [4.69, 9.17) is 21.3 Å². The van der Waals surface area contributed by atoms with E-state index in [2.05, 4.69) is 11.1 Å². The first kappa shape index (κ1) is 22.6. The molecular weight excluding hydrogens is 440 g/mol. The summed E-state index contributed by atoms with van der Waals surface area (Å²) in [6.07, 6.45) is -0.691. The molecule has 2 heterocycles. The second-order valence-electron chi connectivity index (χ2n) is 8.85. The second kappa shape index (κ2) is 8.74. The highest BCUT2D eigenvalue weighted by Gasteiger charge is 2.29. The molecule has 4 rings (SSSR count). The Labute approximate surface area is 197 Å². The van der Waals surface area contributed by atoms with Gasteiger partial charge in [-0.1, -0.05) is 23.7 Å². The lowest BCUT2D eigenvalue weighted by Gasteiger charge is -2.29. The largest absolute Gasteiger partial charge is 0.360 e. The lowest BCUT2D eigenvalue weighted by atomic mass is 9.87. The van der Waals surface area contributed by atoms with Crippen molar-refractivity contribution in [1.82, 2.24) is 9.97 Å². The van der Waals surface area contributed by atoms with Crippen molar-refractivity contribution in [2.75, 3.05) is 0 Å². The van der Waals surface area contributed by atoms with E-state index < -0.39 is 11.7 Å². The first-order valence-electron chi connectivity index (χ1n) is 10.4. The van der Waals surface area contributed by atoms with E-state index in [9.17, 15) is 4.79 Å².